The van der Waals surface area contributed by atoms with Crippen LogP contribution in [0.3, 0.4) is 0 Å². The molecule has 0 saturated carbocycles. The van der Waals surface area contributed by atoms with Crippen molar-refractivity contribution in [1.82, 2.24) is 20.3 Å². The zero-order valence-electron chi connectivity index (χ0n) is 17.7. The maximum Gasteiger partial charge on any atom is 0.271 e. The Labute approximate surface area is 168 Å². The van der Waals surface area contributed by atoms with Crippen molar-refractivity contribution >= 4 is 24.0 Å². The number of rotatable bonds is 8. The molecule has 1 aliphatic heterocycles. The topological polar surface area (TPSA) is 66.5 Å². The lowest BCUT2D eigenvalue weighted by Gasteiger charge is -2.34. The van der Waals surface area contributed by atoms with E-state index in [2.05, 4.69) is 45.5 Å². The fourth-order valence-electron chi connectivity index (χ4n) is 3.03. The SMILES string of the molecule is C=NN(/C=C(/C)N(C)NC(=O)c1cc(N2CCN(C)CC2)ccc1NC)CC. The molecule has 154 valence electrons. The summed E-state index contributed by atoms with van der Waals surface area (Å²) in [5.74, 6) is -0.162. The molecule has 0 atom stereocenters. The van der Waals surface area contributed by atoms with Gasteiger partial charge in [-0.3, -0.25) is 20.2 Å². The molecule has 1 aromatic rings. The zero-order valence-corrected chi connectivity index (χ0v) is 17.7. The van der Waals surface area contributed by atoms with Crippen LogP contribution in [0.4, 0.5) is 11.4 Å². The highest BCUT2D eigenvalue weighted by Gasteiger charge is 2.18. The van der Waals surface area contributed by atoms with E-state index in [1.807, 2.05) is 46.3 Å². The van der Waals surface area contributed by atoms with Crippen molar-refractivity contribution < 1.29 is 4.79 Å². The summed E-state index contributed by atoms with van der Waals surface area (Å²) in [5.41, 5.74) is 6.27. The Kier molecular flexibility index (Phi) is 7.69. The molecule has 0 bridgehead atoms. The molecule has 1 heterocycles. The van der Waals surface area contributed by atoms with Crippen LogP contribution >= 0.6 is 0 Å². The standard InChI is InChI=1S/C20H33N7O/c1-7-27(22-4)15-16(2)25(6)23-20(28)18-14-17(8-9-19(18)21-3)26-12-10-24(5)11-13-26/h8-9,14-15,21H,4,7,10-13H2,1-3,5-6H3,(H,23,28)/b16-15-. The average Bonchev–Trinajstić information content (AvgIpc) is 2.71. The van der Waals surface area contributed by atoms with Gasteiger partial charge in [0, 0.05) is 76.8 Å². The maximum absolute atomic E-state index is 13.0. The minimum atomic E-state index is -0.162. The Morgan fingerprint density at radius 2 is 2.00 bits per heavy atom. The van der Waals surface area contributed by atoms with E-state index in [0.717, 1.165) is 43.3 Å². The summed E-state index contributed by atoms with van der Waals surface area (Å²) < 4.78 is 0. The number of hydrogen-bond donors (Lipinski definition) is 2. The second kappa shape index (κ2) is 9.98. The molecule has 8 nitrogen and oxygen atoms in total. The van der Waals surface area contributed by atoms with E-state index in [1.165, 1.54) is 0 Å². The Hall–Kier alpha value is -2.74. The van der Waals surface area contributed by atoms with Gasteiger partial charge in [-0.2, -0.15) is 5.10 Å². The van der Waals surface area contributed by atoms with E-state index < -0.39 is 0 Å². The van der Waals surface area contributed by atoms with E-state index in [9.17, 15) is 4.79 Å². The molecule has 1 saturated heterocycles. The Balaban J connectivity index is 2.16. The number of nitrogens with zero attached hydrogens (tertiary/aromatic N) is 5. The van der Waals surface area contributed by atoms with Gasteiger partial charge in [0.15, 0.2) is 0 Å². The quantitative estimate of drug-likeness (QED) is 0.524. The summed E-state index contributed by atoms with van der Waals surface area (Å²) in [6, 6.07) is 5.99. The highest BCUT2D eigenvalue weighted by Crippen LogP contribution is 2.24. The van der Waals surface area contributed by atoms with E-state index in [1.54, 1.807) is 10.0 Å². The predicted molar refractivity (Wildman–Crippen MR) is 117 cm³/mol. The van der Waals surface area contributed by atoms with Crippen LogP contribution in [0, 0.1) is 0 Å². The number of hydrazone groups is 1. The fourth-order valence-corrected chi connectivity index (χ4v) is 3.03. The van der Waals surface area contributed by atoms with Crippen molar-refractivity contribution in [2.24, 2.45) is 5.10 Å². The first-order valence-electron chi connectivity index (χ1n) is 9.61. The van der Waals surface area contributed by atoms with Crippen LogP contribution in [0.1, 0.15) is 24.2 Å². The Morgan fingerprint density at radius 1 is 1.32 bits per heavy atom. The zero-order chi connectivity index (χ0) is 20.7. The lowest BCUT2D eigenvalue weighted by atomic mass is 10.1. The van der Waals surface area contributed by atoms with Crippen molar-refractivity contribution in [1.29, 1.82) is 0 Å². The molecule has 2 rings (SSSR count). The molecule has 0 aliphatic carbocycles. The maximum atomic E-state index is 13.0. The Morgan fingerprint density at radius 3 is 2.57 bits per heavy atom. The van der Waals surface area contributed by atoms with Crippen LogP contribution in [-0.4, -0.2) is 81.4 Å². The van der Waals surface area contributed by atoms with E-state index in [0.29, 0.717) is 12.1 Å². The molecule has 1 amide bonds. The molecular formula is C20H33N7O. The summed E-state index contributed by atoms with van der Waals surface area (Å²) >= 11 is 0. The summed E-state index contributed by atoms with van der Waals surface area (Å²) in [7, 11) is 5.77. The van der Waals surface area contributed by atoms with E-state index in [-0.39, 0.29) is 5.91 Å². The smallest absolute Gasteiger partial charge is 0.271 e. The first-order valence-corrected chi connectivity index (χ1v) is 9.61. The van der Waals surface area contributed by atoms with E-state index in [4.69, 9.17) is 0 Å². The molecule has 28 heavy (non-hydrogen) atoms. The van der Waals surface area contributed by atoms with Gasteiger partial charge >= 0.3 is 0 Å². The molecular weight excluding hydrogens is 354 g/mol. The van der Waals surface area contributed by atoms with Gasteiger partial charge in [-0.05, 0) is 39.1 Å². The second-order valence-electron chi connectivity index (χ2n) is 6.94. The van der Waals surface area contributed by atoms with E-state index >= 15 is 0 Å². The Bertz CT molecular complexity index is 711. The number of amides is 1. The van der Waals surface area contributed by atoms with Crippen molar-refractivity contribution in [2.45, 2.75) is 13.8 Å². The van der Waals surface area contributed by atoms with Gasteiger partial charge < -0.3 is 15.1 Å². The van der Waals surface area contributed by atoms with Crippen molar-refractivity contribution in [3.63, 3.8) is 0 Å². The van der Waals surface area contributed by atoms with Gasteiger partial charge in [-0.1, -0.05) is 0 Å². The number of piperazine rings is 1. The lowest BCUT2D eigenvalue weighted by molar-refractivity contribution is 0.0861. The molecule has 0 radical (unpaired) electrons. The second-order valence-corrected chi connectivity index (χ2v) is 6.94. The van der Waals surface area contributed by atoms with Crippen LogP contribution in [-0.2, 0) is 0 Å². The first-order chi connectivity index (χ1) is 13.4. The molecule has 2 N–H and O–H groups in total. The molecule has 0 spiro atoms. The highest BCUT2D eigenvalue weighted by atomic mass is 16.2. The third kappa shape index (κ3) is 5.39. The summed E-state index contributed by atoms with van der Waals surface area (Å²) in [6.07, 6.45) is 1.84. The number of carbonyl (C=O) groups excluding carboxylic acids is 1. The van der Waals surface area contributed by atoms with Crippen molar-refractivity contribution in [3.8, 4) is 0 Å². The molecule has 0 aromatic heterocycles. The molecule has 8 heteroatoms. The number of hydrogen-bond acceptors (Lipinski definition) is 7. The van der Waals surface area contributed by atoms with Crippen LogP contribution in [0.25, 0.3) is 0 Å². The van der Waals surface area contributed by atoms with Gasteiger partial charge in [0.05, 0.1) is 5.56 Å². The van der Waals surface area contributed by atoms with Gasteiger partial charge in [0.2, 0.25) is 0 Å². The summed E-state index contributed by atoms with van der Waals surface area (Å²) in [5, 5.41) is 10.4. The van der Waals surface area contributed by atoms with Crippen LogP contribution in [0.2, 0.25) is 0 Å². The molecule has 1 aliphatic rings. The van der Waals surface area contributed by atoms with Crippen LogP contribution in [0.15, 0.2) is 35.2 Å². The number of likely N-dealkylation sites (N-methyl/N-ethyl adjacent to an activating group) is 1. The minimum Gasteiger partial charge on any atom is -0.387 e. The summed E-state index contributed by atoms with van der Waals surface area (Å²) in [6.45, 7) is 12.1. The number of hydrazine groups is 1. The predicted octanol–water partition coefficient (Wildman–Crippen LogP) is 1.86. The number of carbonyl (C=O) groups is 1. The molecule has 1 fully saturated rings. The monoisotopic (exact) mass is 387 g/mol. The fraction of sp³-hybridized carbons (Fsp3) is 0.500. The molecule has 1 aromatic carbocycles. The van der Waals surface area contributed by atoms with Gasteiger partial charge in [-0.25, -0.2) is 0 Å². The van der Waals surface area contributed by atoms with Crippen LogP contribution in [0.5, 0.6) is 0 Å². The third-order valence-corrected chi connectivity index (χ3v) is 5.03. The summed E-state index contributed by atoms with van der Waals surface area (Å²) in [4.78, 5) is 17.6. The number of benzene rings is 1. The third-order valence-electron chi connectivity index (χ3n) is 5.03. The number of nitrogens with one attached hydrogen (secondary N) is 2. The van der Waals surface area contributed by atoms with Crippen molar-refractivity contribution in [2.75, 3.05) is 64.1 Å². The van der Waals surface area contributed by atoms with Crippen LogP contribution < -0.4 is 15.6 Å². The van der Waals surface area contributed by atoms with Gasteiger partial charge in [0.25, 0.3) is 5.91 Å². The largest absolute Gasteiger partial charge is 0.387 e. The lowest BCUT2D eigenvalue weighted by Crippen LogP contribution is -2.44. The average molecular weight is 388 g/mol. The molecule has 0 unspecified atom stereocenters. The number of allylic oxidation sites excluding steroid dienone is 1. The minimum absolute atomic E-state index is 0.162. The van der Waals surface area contributed by atoms with Gasteiger partial charge in [0.1, 0.15) is 0 Å². The number of anilines is 2. The highest BCUT2D eigenvalue weighted by molar-refractivity contribution is 6.00. The first kappa shape index (κ1) is 21.6. The van der Waals surface area contributed by atoms with Gasteiger partial charge in [-0.15, -0.1) is 0 Å². The normalized spacial score (nSPS) is 15.2. The van der Waals surface area contributed by atoms with Crippen molar-refractivity contribution in [3.05, 3.63) is 35.7 Å².